The van der Waals surface area contributed by atoms with E-state index in [0.717, 1.165) is 0 Å². The Morgan fingerprint density at radius 2 is 1.94 bits per heavy atom. The molecule has 0 fully saturated rings. The van der Waals surface area contributed by atoms with Crippen molar-refractivity contribution in [2.45, 2.75) is 6.42 Å². The lowest BCUT2D eigenvalue weighted by atomic mass is 10.1. The van der Waals surface area contributed by atoms with Crippen LogP contribution < -0.4 is 4.74 Å². The van der Waals surface area contributed by atoms with Gasteiger partial charge in [0, 0.05) is 11.1 Å². The van der Waals surface area contributed by atoms with E-state index in [1.165, 1.54) is 13.2 Å². The Bertz CT molecular complexity index is 462. The number of carboxylic acid groups (broad SMARTS) is 2. The lowest BCUT2D eigenvalue weighted by Crippen LogP contribution is -2.06. The Morgan fingerprint density at radius 1 is 1.29 bits per heavy atom. The number of benzene rings is 1. The normalized spacial score (nSPS) is 11.0. The Balaban J connectivity index is 3.12. The van der Waals surface area contributed by atoms with Crippen LogP contribution in [-0.2, 0) is 9.59 Å². The number of methoxy groups -OCH3 is 1. The van der Waals surface area contributed by atoms with Gasteiger partial charge in [0.05, 0.1) is 13.5 Å². The van der Waals surface area contributed by atoms with Crippen LogP contribution >= 0.6 is 0 Å². The molecule has 0 unspecified atom stereocenters. The predicted molar refractivity (Wildman–Crippen MR) is 60.9 cm³/mol. The maximum Gasteiger partial charge on any atom is 0.332 e. The van der Waals surface area contributed by atoms with E-state index >= 15 is 0 Å². The summed E-state index contributed by atoms with van der Waals surface area (Å²) in [5.41, 5.74) is 0.343. The van der Waals surface area contributed by atoms with Crippen LogP contribution in [0.15, 0.2) is 29.8 Å². The first-order chi connectivity index (χ1) is 8.04. The van der Waals surface area contributed by atoms with Crippen molar-refractivity contribution in [2.75, 3.05) is 7.11 Å². The van der Waals surface area contributed by atoms with Crippen LogP contribution in [0.1, 0.15) is 12.0 Å². The molecule has 0 atom stereocenters. The van der Waals surface area contributed by atoms with Gasteiger partial charge in [0.15, 0.2) is 0 Å². The third kappa shape index (κ3) is 3.64. The van der Waals surface area contributed by atoms with Crippen molar-refractivity contribution in [3.05, 3.63) is 35.4 Å². The molecule has 5 heteroatoms. The quantitative estimate of drug-likeness (QED) is 0.759. The van der Waals surface area contributed by atoms with E-state index < -0.39 is 18.4 Å². The second-order valence-corrected chi connectivity index (χ2v) is 3.29. The molecule has 5 nitrogen and oxygen atoms in total. The van der Waals surface area contributed by atoms with Gasteiger partial charge in [-0.3, -0.25) is 4.79 Å². The summed E-state index contributed by atoms with van der Waals surface area (Å²) in [4.78, 5) is 21.4. The molecule has 0 saturated carbocycles. The third-order valence-corrected chi connectivity index (χ3v) is 2.09. The summed E-state index contributed by atoms with van der Waals surface area (Å²) >= 11 is 0. The van der Waals surface area contributed by atoms with Gasteiger partial charge in [0.2, 0.25) is 0 Å². The monoisotopic (exact) mass is 236 g/mol. The number of hydrogen-bond acceptors (Lipinski definition) is 3. The Kier molecular flexibility index (Phi) is 4.28. The molecule has 2 N–H and O–H groups in total. The third-order valence-electron chi connectivity index (χ3n) is 2.09. The van der Waals surface area contributed by atoms with Crippen LogP contribution in [0.25, 0.3) is 6.08 Å². The standard InChI is InChI=1S/C12H12O5/c1-17-10-5-3-2-4-8(10)6-9(12(15)16)7-11(13)14/h2-6H,7H2,1H3,(H,13,14)(H,15,16). The molecule has 1 aromatic rings. The second kappa shape index (κ2) is 5.69. The maximum atomic E-state index is 10.9. The molecule has 0 aromatic heterocycles. The lowest BCUT2D eigenvalue weighted by molar-refractivity contribution is -0.139. The summed E-state index contributed by atoms with van der Waals surface area (Å²) in [5, 5.41) is 17.5. The Hall–Kier alpha value is -2.30. The van der Waals surface area contributed by atoms with Crippen LogP contribution in [-0.4, -0.2) is 29.3 Å². The van der Waals surface area contributed by atoms with Gasteiger partial charge in [-0.1, -0.05) is 18.2 Å². The van der Waals surface area contributed by atoms with Crippen LogP contribution in [0.2, 0.25) is 0 Å². The number of para-hydroxylation sites is 1. The number of carbonyl (C=O) groups is 2. The topological polar surface area (TPSA) is 83.8 Å². The Morgan fingerprint density at radius 3 is 2.47 bits per heavy atom. The molecule has 0 saturated heterocycles. The molecule has 0 aliphatic heterocycles. The zero-order valence-corrected chi connectivity index (χ0v) is 9.21. The first-order valence-electron chi connectivity index (χ1n) is 4.83. The molecule has 0 aliphatic carbocycles. The molecule has 0 heterocycles. The Labute approximate surface area is 98.0 Å². The highest BCUT2D eigenvalue weighted by atomic mass is 16.5. The summed E-state index contributed by atoms with van der Waals surface area (Å²) in [6.45, 7) is 0. The van der Waals surface area contributed by atoms with Crippen LogP contribution in [0.4, 0.5) is 0 Å². The lowest BCUT2D eigenvalue weighted by Gasteiger charge is -2.05. The van der Waals surface area contributed by atoms with Crippen molar-refractivity contribution < 1.29 is 24.5 Å². The highest BCUT2D eigenvalue weighted by Gasteiger charge is 2.12. The average molecular weight is 236 g/mol. The van der Waals surface area contributed by atoms with Gasteiger partial charge in [0.25, 0.3) is 0 Å². The first kappa shape index (κ1) is 12.8. The number of hydrogen-bond donors (Lipinski definition) is 2. The minimum Gasteiger partial charge on any atom is -0.496 e. The van der Waals surface area contributed by atoms with Gasteiger partial charge in [-0.05, 0) is 12.1 Å². The van der Waals surface area contributed by atoms with E-state index in [1.54, 1.807) is 24.3 Å². The van der Waals surface area contributed by atoms with E-state index in [1.807, 2.05) is 0 Å². The van der Waals surface area contributed by atoms with Gasteiger partial charge in [0.1, 0.15) is 5.75 Å². The van der Waals surface area contributed by atoms with E-state index in [0.29, 0.717) is 11.3 Å². The van der Waals surface area contributed by atoms with Crippen molar-refractivity contribution in [1.82, 2.24) is 0 Å². The largest absolute Gasteiger partial charge is 0.496 e. The molecule has 1 aromatic carbocycles. The summed E-state index contributed by atoms with van der Waals surface area (Å²) in [5.74, 6) is -1.94. The zero-order chi connectivity index (χ0) is 12.8. The van der Waals surface area contributed by atoms with Crippen molar-refractivity contribution >= 4 is 18.0 Å². The fourth-order valence-electron chi connectivity index (χ4n) is 1.32. The number of ether oxygens (including phenoxy) is 1. The first-order valence-corrected chi connectivity index (χ1v) is 4.83. The fraction of sp³-hybridized carbons (Fsp3) is 0.167. The molecule has 0 amide bonds. The highest BCUT2D eigenvalue weighted by molar-refractivity contribution is 5.97. The molecule has 0 radical (unpaired) electrons. The highest BCUT2D eigenvalue weighted by Crippen LogP contribution is 2.21. The van der Waals surface area contributed by atoms with E-state index in [9.17, 15) is 9.59 Å². The van der Waals surface area contributed by atoms with Gasteiger partial charge in [-0.15, -0.1) is 0 Å². The van der Waals surface area contributed by atoms with E-state index in [-0.39, 0.29) is 5.57 Å². The molecule has 90 valence electrons. The second-order valence-electron chi connectivity index (χ2n) is 3.29. The van der Waals surface area contributed by atoms with Crippen molar-refractivity contribution in [3.63, 3.8) is 0 Å². The van der Waals surface area contributed by atoms with Crippen molar-refractivity contribution in [3.8, 4) is 5.75 Å². The molecule has 0 bridgehead atoms. The van der Waals surface area contributed by atoms with Crippen molar-refractivity contribution in [1.29, 1.82) is 0 Å². The van der Waals surface area contributed by atoms with Crippen molar-refractivity contribution in [2.24, 2.45) is 0 Å². The SMILES string of the molecule is COc1ccccc1C=C(CC(=O)O)C(=O)O. The summed E-state index contributed by atoms with van der Waals surface area (Å²) in [6, 6.07) is 6.79. The summed E-state index contributed by atoms with van der Waals surface area (Å²) < 4.78 is 5.05. The zero-order valence-electron chi connectivity index (χ0n) is 9.21. The average Bonchev–Trinajstić information content (AvgIpc) is 2.28. The van der Waals surface area contributed by atoms with Gasteiger partial charge in [-0.25, -0.2) is 4.79 Å². The van der Waals surface area contributed by atoms with E-state index in [4.69, 9.17) is 14.9 Å². The molecular formula is C12H12O5. The van der Waals surface area contributed by atoms with Crippen LogP contribution in [0.3, 0.4) is 0 Å². The summed E-state index contributed by atoms with van der Waals surface area (Å²) in [6.07, 6.45) is 0.767. The fourth-order valence-corrected chi connectivity index (χ4v) is 1.32. The molecular weight excluding hydrogens is 224 g/mol. The van der Waals surface area contributed by atoms with Crippen LogP contribution in [0.5, 0.6) is 5.75 Å². The predicted octanol–water partition coefficient (Wildman–Crippen LogP) is 1.64. The van der Waals surface area contributed by atoms with Gasteiger partial charge >= 0.3 is 11.9 Å². The number of carboxylic acids is 2. The maximum absolute atomic E-state index is 10.9. The van der Waals surface area contributed by atoms with Crippen LogP contribution in [0, 0.1) is 0 Å². The molecule has 1 rings (SSSR count). The smallest absolute Gasteiger partial charge is 0.332 e. The van der Waals surface area contributed by atoms with Gasteiger partial charge < -0.3 is 14.9 Å². The number of rotatable bonds is 5. The molecule has 0 spiro atoms. The minimum absolute atomic E-state index is 0.193. The van der Waals surface area contributed by atoms with E-state index in [2.05, 4.69) is 0 Å². The minimum atomic E-state index is -1.25. The molecule has 17 heavy (non-hydrogen) atoms. The van der Waals surface area contributed by atoms with Gasteiger partial charge in [-0.2, -0.15) is 0 Å². The number of aliphatic carboxylic acids is 2. The molecule has 0 aliphatic rings. The summed E-state index contributed by atoms with van der Waals surface area (Å²) in [7, 11) is 1.46.